The molecular formula is C30H37Cl2N3Ru-4. The average molecular weight is 612 g/mol. The summed E-state index contributed by atoms with van der Waals surface area (Å²) in [4.78, 5) is 6.93. The van der Waals surface area contributed by atoms with Crippen LogP contribution in [0.4, 0.5) is 17.1 Å². The summed E-state index contributed by atoms with van der Waals surface area (Å²) in [5, 5.41) is 0. The van der Waals surface area contributed by atoms with Crippen LogP contribution in [0.1, 0.15) is 38.9 Å². The van der Waals surface area contributed by atoms with Crippen molar-refractivity contribution < 1.29 is 11.9 Å². The van der Waals surface area contributed by atoms with Crippen molar-refractivity contribution in [3.8, 4) is 0 Å². The topological polar surface area (TPSA) is 9.72 Å². The number of benzene rings is 3. The van der Waals surface area contributed by atoms with Crippen LogP contribution in [0.15, 0.2) is 48.5 Å². The standard InChI is InChI=1S/C21H26N2.C9H11N.2ClH.Ru/c1-14-9-16(3)20(17(4)10-14)22-7-8-23(13-22)21-18(5)11-15(2)12-19(21)6;1-8-6-4-5-7-9(8)10(2)3;;;/h9-12H,7-8H2,1-6H3;1,4-7H,2-3H3;2*1H;/q;;;;-2/p-2. The zero-order valence-corrected chi connectivity index (χ0v) is 25.8. The summed E-state index contributed by atoms with van der Waals surface area (Å²) in [7, 11) is 19.2. The Balaban J connectivity index is 2.06. The minimum atomic E-state index is -3.56. The molecule has 0 N–H and O–H groups in total. The molecule has 0 saturated carbocycles. The third-order valence-corrected chi connectivity index (χ3v) is 12.1. The summed E-state index contributed by atoms with van der Waals surface area (Å²) < 4.78 is 3.21. The van der Waals surface area contributed by atoms with Gasteiger partial charge in [0, 0.05) is 0 Å². The van der Waals surface area contributed by atoms with Crippen molar-refractivity contribution in [3.63, 3.8) is 0 Å². The van der Waals surface area contributed by atoms with Crippen molar-refractivity contribution in [2.75, 3.05) is 41.9 Å². The van der Waals surface area contributed by atoms with Gasteiger partial charge in [-0.1, -0.05) is 0 Å². The molecule has 0 aromatic heterocycles. The summed E-state index contributed by atoms with van der Waals surface area (Å²) in [6.07, 6.45) is 0. The van der Waals surface area contributed by atoms with E-state index in [0.717, 1.165) is 28.7 Å². The number of anilines is 3. The Morgan fingerprint density at radius 1 is 0.722 bits per heavy atom. The van der Waals surface area contributed by atoms with Crippen LogP contribution in [0.5, 0.6) is 0 Å². The van der Waals surface area contributed by atoms with E-state index >= 15 is 0 Å². The Kier molecular flexibility index (Phi) is 7.82. The second kappa shape index (κ2) is 10.4. The molecule has 0 unspecified atom stereocenters. The van der Waals surface area contributed by atoms with Gasteiger partial charge in [-0.25, -0.2) is 0 Å². The van der Waals surface area contributed by atoms with E-state index in [4.69, 9.17) is 19.4 Å². The maximum absolute atomic E-state index is 7.56. The van der Waals surface area contributed by atoms with Crippen molar-refractivity contribution >= 4 is 45.4 Å². The normalized spacial score (nSPS) is 14.4. The Labute approximate surface area is 227 Å². The van der Waals surface area contributed by atoms with Gasteiger partial charge in [-0.3, -0.25) is 0 Å². The van der Waals surface area contributed by atoms with E-state index in [-0.39, 0.29) is 0 Å². The second-order valence-electron chi connectivity index (χ2n) is 10.1. The molecule has 6 heteroatoms. The van der Waals surface area contributed by atoms with Crippen molar-refractivity contribution in [2.24, 2.45) is 0 Å². The number of para-hydroxylation sites is 1. The van der Waals surface area contributed by atoms with E-state index in [9.17, 15) is 0 Å². The van der Waals surface area contributed by atoms with Crippen LogP contribution >= 0.6 is 19.4 Å². The average Bonchev–Trinajstić information content (AvgIpc) is 3.17. The molecule has 0 amide bonds. The van der Waals surface area contributed by atoms with Crippen molar-refractivity contribution in [1.82, 2.24) is 0 Å². The molecule has 1 saturated heterocycles. The summed E-state index contributed by atoms with van der Waals surface area (Å²) in [5.74, 6) is 0. The first kappa shape index (κ1) is 27.0. The molecule has 0 radical (unpaired) electrons. The first-order chi connectivity index (χ1) is 16.9. The molecule has 1 aliphatic heterocycles. The first-order valence-electron chi connectivity index (χ1n) is 12.2. The Morgan fingerprint density at radius 3 is 1.56 bits per heavy atom. The number of hydrogen-bond acceptors (Lipinski definition) is 3. The molecule has 1 fully saturated rings. The third-order valence-electron chi connectivity index (χ3n) is 6.66. The zero-order valence-electron chi connectivity index (χ0n) is 22.6. The van der Waals surface area contributed by atoms with Crippen molar-refractivity contribution in [2.45, 2.75) is 41.5 Å². The van der Waals surface area contributed by atoms with Gasteiger partial charge in [-0.15, -0.1) is 0 Å². The third kappa shape index (κ3) is 5.19. The molecule has 0 bridgehead atoms. The van der Waals surface area contributed by atoms with Crippen LogP contribution in [0.3, 0.4) is 0 Å². The molecular weight excluding hydrogens is 574 g/mol. The molecule has 3 nitrogen and oxygen atoms in total. The molecule has 1 aliphatic rings. The van der Waals surface area contributed by atoms with Crippen LogP contribution < -0.4 is 14.7 Å². The number of nitrogens with zero attached hydrogens (tertiary/aromatic N) is 3. The van der Waals surface area contributed by atoms with E-state index in [0.29, 0.717) is 0 Å². The van der Waals surface area contributed by atoms with Gasteiger partial charge in [0.05, 0.1) is 0 Å². The molecule has 0 aliphatic carbocycles. The van der Waals surface area contributed by atoms with E-state index in [2.05, 4.69) is 123 Å². The van der Waals surface area contributed by atoms with Gasteiger partial charge in [0.15, 0.2) is 0 Å². The zero-order chi connectivity index (χ0) is 26.4. The number of aryl methyl sites for hydroxylation is 6. The molecule has 1 heterocycles. The quantitative estimate of drug-likeness (QED) is 0.286. The van der Waals surface area contributed by atoms with Crippen molar-refractivity contribution in [1.29, 1.82) is 0 Å². The number of halogens is 2. The molecule has 4 rings (SSSR count). The Bertz CT molecular complexity index is 1330. The SMILES string of the molecule is Cc1cc(C)c(N2CCN(c3c(C)cc(C)cc3C)[C]2=[Ru-4]([Cl])([Cl])=[CH]c2ccccc2N(C)C)c(C)c1. The van der Waals surface area contributed by atoms with E-state index < -0.39 is 11.9 Å². The number of hydrogen-bond donors (Lipinski definition) is 0. The summed E-state index contributed by atoms with van der Waals surface area (Å²) in [5.41, 5.74) is 12.2. The molecule has 3 aromatic rings. The molecule has 198 valence electrons. The van der Waals surface area contributed by atoms with Gasteiger partial charge in [0.25, 0.3) is 0 Å². The van der Waals surface area contributed by atoms with Gasteiger partial charge in [-0.2, -0.15) is 0 Å². The molecule has 0 atom stereocenters. The molecule has 0 spiro atoms. The van der Waals surface area contributed by atoms with Crippen molar-refractivity contribution in [3.05, 3.63) is 87.5 Å². The predicted molar refractivity (Wildman–Crippen MR) is 159 cm³/mol. The predicted octanol–water partition coefficient (Wildman–Crippen LogP) is 7.33. The molecule has 3 aromatic carbocycles. The van der Waals surface area contributed by atoms with Gasteiger partial charge in [-0.05, 0) is 0 Å². The fourth-order valence-corrected chi connectivity index (χ4v) is 11.6. The van der Waals surface area contributed by atoms with E-state index in [1.54, 1.807) is 0 Å². The maximum atomic E-state index is 7.56. The van der Waals surface area contributed by atoms with Gasteiger partial charge < -0.3 is 0 Å². The number of rotatable bonds is 4. The fourth-order valence-electron chi connectivity index (χ4n) is 5.54. The Hall–Kier alpha value is -2.00. The Morgan fingerprint density at radius 2 is 1.14 bits per heavy atom. The van der Waals surface area contributed by atoms with Crippen LogP contribution in [0.2, 0.25) is 0 Å². The summed E-state index contributed by atoms with van der Waals surface area (Å²) in [6.45, 7) is 14.8. The van der Waals surface area contributed by atoms with Gasteiger partial charge >= 0.3 is 228 Å². The first-order valence-corrected chi connectivity index (χ1v) is 18.6. The van der Waals surface area contributed by atoms with Crippen LogP contribution in [0.25, 0.3) is 0 Å². The minimum absolute atomic E-state index is 0.845. The summed E-state index contributed by atoms with van der Waals surface area (Å²) >= 11 is -3.56. The van der Waals surface area contributed by atoms with Gasteiger partial charge in [0.2, 0.25) is 0 Å². The van der Waals surface area contributed by atoms with E-state index in [1.807, 2.05) is 0 Å². The van der Waals surface area contributed by atoms with Crippen LogP contribution in [-0.4, -0.2) is 36.1 Å². The molecule has 36 heavy (non-hydrogen) atoms. The van der Waals surface area contributed by atoms with Gasteiger partial charge in [0.1, 0.15) is 0 Å². The van der Waals surface area contributed by atoms with E-state index in [1.165, 1.54) is 44.8 Å². The van der Waals surface area contributed by atoms with Crippen LogP contribution in [0, 0.1) is 41.5 Å². The monoisotopic (exact) mass is 611 g/mol. The summed E-state index contributed by atoms with van der Waals surface area (Å²) in [6, 6.07) is 17.4. The fraction of sp³-hybridized carbons (Fsp3) is 0.333. The van der Waals surface area contributed by atoms with Crippen LogP contribution in [-0.2, 0) is 11.9 Å². The second-order valence-corrected chi connectivity index (χ2v) is 19.3.